The molecule has 1 aromatic carbocycles. The molecule has 112 valence electrons. The highest BCUT2D eigenvalue weighted by molar-refractivity contribution is 7.16. The molecule has 6 heteroatoms. The fourth-order valence-corrected chi connectivity index (χ4v) is 3.54. The van der Waals surface area contributed by atoms with Gasteiger partial charge in [-0.1, -0.05) is 24.3 Å². The van der Waals surface area contributed by atoms with Crippen LogP contribution < -0.4 is 10.1 Å². The minimum atomic E-state index is -0.100. The highest BCUT2D eigenvalue weighted by Gasteiger charge is 2.11. The average Bonchev–Trinajstić information content (AvgIpc) is 3.18. The van der Waals surface area contributed by atoms with Crippen LogP contribution in [-0.2, 0) is 11.2 Å². The first-order chi connectivity index (χ1) is 10.8. The van der Waals surface area contributed by atoms with E-state index in [9.17, 15) is 4.79 Å². The van der Waals surface area contributed by atoms with Gasteiger partial charge >= 0.3 is 0 Å². The normalized spacial score (nSPS) is 10.4. The van der Waals surface area contributed by atoms with Crippen LogP contribution >= 0.6 is 22.7 Å². The molecular weight excluding hydrogens is 316 g/mol. The molecule has 0 atom stereocenters. The lowest BCUT2D eigenvalue weighted by atomic mass is 10.1. The largest absolute Gasteiger partial charge is 0.496 e. The van der Waals surface area contributed by atoms with Crippen LogP contribution in [0.4, 0.5) is 5.13 Å². The number of thiophene rings is 1. The molecule has 0 aliphatic carbocycles. The molecule has 3 rings (SSSR count). The monoisotopic (exact) mass is 330 g/mol. The van der Waals surface area contributed by atoms with Crippen LogP contribution in [0.15, 0.2) is 47.2 Å². The Morgan fingerprint density at radius 1 is 1.23 bits per heavy atom. The average molecular weight is 330 g/mol. The fraction of sp³-hybridized carbons (Fsp3) is 0.125. The van der Waals surface area contributed by atoms with Crippen molar-refractivity contribution in [2.45, 2.75) is 6.42 Å². The Kier molecular flexibility index (Phi) is 4.50. The highest BCUT2D eigenvalue weighted by Crippen LogP contribution is 2.28. The van der Waals surface area contributed by atoms with Gasteiger partial charge in [0, 0.05) is 10.9 Å². The van der Waals surface area contributed by atoms with Crippen molar-refractivity contribution in [1.29, 1.82) is 0 Å². The first kappa shape index (κ1) is 14.7. The van der Waals surface area contributed by atoms with Gasteiger partial charge in [-0.15, -0.1) is 22.7 Å². The van der Waals surface area contributed by atoms with E-state index in [-0.39, 0.29) is 12.3 Å². The smallest absolute Gasteiger partial charge is 0.230 e. The molecule has 0 radical (unpaired) electrons. The summed E-state index contributed by atoms with van der Waals surface area (Å²) in [6.45, 7) is 0. The van der Waals surface area contributed by atoms with Gasteiger partial charge in [-0.05, 0) is 17.5 Å². The molecule has 2 aromatic heterocycles. The summed E-state index contributed by atoms with van der Waals surface area (Å²) in [6, 6.07) is 11.5. The predicted octanol–water partition coefficient (Wildman–Crippen LogP) is 4.06. The Hall–Kier alpha value is -2.18. The Bertz CT molecular complexity index is 766. The lowest BCUT2D eigenvalue weighted by Crippen LogP contribution is -2.14. The van der Waals surface area contributed by atoms with Crippen molar-refractivity contribution < 1.29 is 9.53 Å². The predicted molar refractivity (Wildman–Crippen MR) is 90.8 cm³/mol. The van der Waals surface area contributed by atoms with Gasteiger partial charge in [-0.3, -0.25) is 4.79 Å². The van der Waals surface area contributed by atoms with Crippen LogP contribution in [0.5, 0.6) is 5.75 Å². The lowest BCUT2D eigenvalue weighted by Gasteiger charge is -2.07. The van der Waals surface area contributed by atoms with E-state index in [4.69, 9.17) is 4.74 Å². The third kappa shape index (κ3) is 3.35. The van der Waals surface area contributed by atoms with Gasteiger partial charge in [0.15, 0.2) is 5.13 Å². The van der Waals surface area contributed by atoms with E-state index in [0.29, 0.717) is 5.13 Å². The number of carbonyl (C=O) groups is 1. The van der Waals surface area contributed by atoms with Crippen LogP contribution in [0.2, 0.25) is 0 Å². The summed E-state index contributed by atoms with van der Waals surface area (Å²) in [6.07, 6.45) is 0.262. The van der Waals surface area contributed by atoms with Gasteiger partial charge in [0.2, 0.25) is 5.91 Å². The number of thiazole rings is 1. The number of carbonyl (C=O) groups excluding carboxylic acids is 1. The van der Waals surface area contributed by atoms with Gasteiger partial charge in [-0.25, -0.2) is 4.98 Å². The van der Waals surface area contributed by atoms with Crippen molar-refractivity contribution in [3.63, 3.8) is 0 Å². The Balaban J connectivity index is 1.67. The summed E-state index contributed by atoms with van der Waals surface area (Å²) >= 11 is 3.06. The highest BCUT2D eigenvalue weighted by atomic mass is 32.1. The number of ether oxygens (including phenoxy) is 1. The molecule has 1 amide bonds. The van der Waals surface area contributed by atoms with Crippen molar-refractivity contribution in [3.05, 3.63) is 52.7 Å². The van der Waals surface area contributed by atoms with Crippen molar-refractivity contribution in [1.82, 2.24) is 4.98 Å². The van der Waals surface area contributed by atoms with E-state index in [2.05, 4.69) is 10.3 Å². The summed E-state index contributed by atoms with van der Waals surface area (Å²) in [4.78, 5) is 17.7. The van der Waals surface area contributed by atoms with Gasteiger partial charge in [0.25, 0.3) is 0 Å². The Morgan fingerprint density at radius 2 is 2.09 bits per heavy atom. The van der Waals surface area contributed by atoms with E-state index < -0.39 is 0 Å². The molecule has 0 aliphatic heterocycles. The number of hydrogen-bond acceptors (Lipinski definition) is 5. The number of methoxy groups -OCH3 is 1. The topological polar surface area (TPSA) is 51.2 Å². The van der Waals surface area contributed by atoms with Crippen LogP contribution in [-0.4, -0.2) is 18.0 Å². The van der Waals surface area contributed by atoms with Crippen LogP contribution in [0.1, 0.15) is 5.56 Å². The number of anilines is 1. The van der Waals surface area contributed by atoms with E-state index >= 15 is 0 Å². The zero-order valence-electron chi connectivity index (χ0n) is 11.9. The SMILES string of the molecule is COc1ccccc1CC(=O)Nc1nc(-c2cccs2)cs1. The summed E-state index contributed by atoms with van der Waals surface area (Å²) in [5, 5.41) is 7.41. The first-order valence-electron chi connectivity index (χ1n) is 6.67. The molecular formula is C16H14N2O2S2. The number of aromatic nitrogens is 1. The third-order valence-electron chi connectivity index (χ3n) is 3.07. The van der Waals surface area contributed by atoms with Gasteiger partial charge in [0.1, 0.15) is 5.75 Å². The molecule has 4 nitrogen and oxygen atoms in total. The molecule has 0 bridgehead atoms. The maximum absolute atomic E-state index is 12.1. The van der Waals surface area contributed by atoms with Crippen molar-refractivity contribution in [2.24, 2.45) is 0 Å². The van der Waals surface area contributed by atoms with E-state index in [1.165, 1.54) is 11.3 Å². The zero-order valence-corrected chi connectivity index (χ0v) is 13.5. The van der Waals surface area contributed by atoms with Gasteiger partial charge in [-0.2, -0.15) is 0 Å². The Morgan fingerprint density at radius 3 is 2.86 bits per heavy atom. The minimum Gasteiger partial charge on any atom is -0.496 e. The third-order valence-corrected chi connectivity index (χ3v) is 4.72. The quantitative estimate of drug-likeness (QED) is 0.767. The maximum atomic E-state index is 12.1. The number of nitrogens with one attached hydrogen (secondary N) is 1. The van der Waals surface area contributed by atoms with Crippen molar-refractivity contribution in [3.8, 4) is 16.3 Å². The van der Waals surface area contributed by atoms with Crippen LogP contribution in [0.25, 0.3) is 10.6 Å². The van der Waals surface area contributed by atoms with Crippen molar-refractivity contribution >= 4 is 33.7 Å². The van der Waals surface area contributed by atoms with Crippen LogP contribution in [0, 0.1) is 0 Å². The van der Waals surface area contributed by atoms with Crippen molar-refractivity contribution in [2.75, 3.05) is 12.4 Å². The van der Waals surface area contributed by atoms with E-state index in [0.717, 1.165) is 21.9 Å². The lowest BCUT2D eigenvalue weighted by molar-refractivity contribution is -0.115. The fourth-order valence-electron chi connectivity index (χ4n) is 2.05. The van der Waals surface area contributed by atoms with Crippen LogP contribution in [0.3, 0.4) is 0 Å². The van der Waals surface area contributed by atoms with Gasteiger partial charge in [0.05, 0.1) is 24.1 Å². The number of nitrogens with zero attached hydrogens (tertiary/aromatic N) is 1. The maximum Gasteiger partial charge on any atom is 0.230 e. The van der Waals surface area contributed by atoms with Gasteiger partial charge < -0.3 is 10.1 Å². The molecule has 2 heterocycles. The standard InChI is InChI=1S/C16H14N2O2S2/c1-20-13-6-3-2-5-11(13)9-15(19)18-16-17-12(10-22-16)14-7-4-8-21-14/h2-8,10H,9H2,1H3,(H,17,18,19). The number of rotatable bonds is 5. The summed E-state index contributed by atoms with van der Waals surface area (Å²) in [5.74, 6) is 0.618. The molecule has 0 fully saturated rings. The molecule has 1 N–H and O–H groups in total. The summed E-state index contributed by atoms with van der Waals surface area (Å²) < 4.78 is 5.26. The summed E-state index contributed by atoms with van der Waals surface area (Å²) in [5.41, 5.74) is 1.75. The molecule has 0 spiro atoms. The molecule has 0 saturated heterocycles. The van der Waals surface area contributed by atoms with E-state index in [1.54, 1.807) is 18.4 Å². The minimum absolute atomic E-state index is 0.100. The summed E-state index contributed by atoms with van der Waals surface area (Å²) in [7, 11) is 1.60. The second-order valence-corrected chi connectivity index (χ2v) is 6.36. The van der Waals surface area contributed by atoms with E-state index in [1.807, 2.05) is 47.2 Å². The molecule has 3 aromatic rings. The second kappa shape index (κ2) is 6.72. The number of para-hydroxylation sites is 1. The molecule has 22 heavy (non-hydrogen) atoms. The zero-order chi connectivity index (χ0) is 15.4. The second-order valence-electron chi connectivity index (χ2n) is 4.55. The molecule has 0 saturated carbocycles. The Labute approximate surface area is 136 Å². The number of hydrogen-bond donors (Lipinski definition) is 1. The number of benzene rings is 1. The number of amides is 1. The molecule has 0 unspecified atom stereocenters. The first-order valence-corrected chi connectivity index (χ1v) is 8.43. The molecule has 0 aliphatic rings.